The Labute approximate surface area is 95.3 Å². The van der Waals surface area contributed by atoms with Crippen LogP contribution < -0.4 is 0 Å². The molecular weight excluding hydrogens is 223 g/mol. The standard InChI is InChI=1S/C11H17.Zr/c1-6-11(5)7-8(2)9(3)10(11)4;/h6H2,1-5H3;/q-1;. The molecular formula is C11H17Zr-. The topological polar surface area (TPSA) is 0 Å². The monoisotopic (exact) mass is 239 g/mol. The summed E-state index contributed by atoms with van der Waals surface area (Å²) in [5.74, 6) is 0. The second-order valence-electron chi connectivity index (χ2n) is 3.69. The third-order valence-corrected chi connectivity index (χ3v) is 3.12. The minimum Gasteiger partial charge on any atom is -0.263 e. The molecule has 0 aromatic carbocycles. The second-order valence-corrected chi connectivity index (χ2v) is 3.69. The van der Waals surface area contributed by atoms with Crippen molar-refractivity contribution in [1.82, 2.24) is 0 Å². The first-order valence-electron chi connectivity index (χ1n) is 4.31. The van der Waals surface area contributed by atoms with Crippen molar-refractivity contribution >= 4 is 0 Å². The predicted molar refractivity (Wildman–Crippen MR) is 49.2 cm³/mol. The van der Waals surface area contributed by atoms with E-state index in [1.807, 2.05) is 0 Å². The molecule has 1 unspecified atom stereocenters. The Morgan fingerprint density at radius 3 is 1.92 bits per heavy atom. The van der Waals surface area contributed by atoms with Gasteiger partial charge in [0.25, 0.3) is 0 Å². The van der Waals surface area contributed by atoms with Gasteiger partial charge in [0, 0.05) is 26.2 Å². The second kappa shape index (κ2) is 4.05. The zero-order valence-corrected chi connectivity index (χ0v) is 11.2. The Morgan fingerprint density at radius 1 is 1.25 bits per heavy atom. The molecule has 66 valence electrons. The van der Waals surface area contributed by atoms with Crippen LogP contribution in [0.4, 0.5) is 0 Å². The molecule has 0 saturated heterocycles. The average molecular weight is 240 g/mol. The van der Waals surface area contributed by atoms with Crippen molar-refractivity contribution in [3.05, 3.63) is 22.8 Å². The summed E-state index contributed by atoms with van der Waals surface area (Å²) in [6, 6.07) is 0. The first kappa shape index (κ1) is 12.4. The maximum atomic E-state index is 3.52. The SMILES string of the molecule is CCC1(C)[C-]=C(C)C(C)=C1C.[Zr]. The van der Waals surface area contributed by atoms with Crippen LogP contribution in [0.1, 0.15) is 41.0 Å². The van der Waals surface area contributed by atoms with Crippen LogP contribution in [0.15, 0.2) is 16.7 Å². The molecule has 0 heterocycles. The summed E-state index contributed by atoms with van der Waals surface area (Å²) in [6.07, 6.45) is 4.68. The van der Waals surface area contributed by atoms with E-state index in [0.29, 0.717) is 0 Å². The van der Waals surface area contributed by atoms with Crippen molar-refractivity contribution in [3.63, 3.8) is 0 Å². The van der Waals surface area contributed by atoms with Crippen LogP contribution in [-0.2, 0) is 26.2 Å². The van der Waals surface area contributed by atoms with E-state index in [1.165, 1.54) is 16.7 Å². The fourth-order valence-corrected chi connectivity index (χ4v) is 1.65. The van der Waals surface area contributed by atoms with Crippen molar-refractivity contribution < 1.29 is 26.2 Å². The van der Waals surface area contributed by atoms with Crippen LogP contribution in [0.5, 0.6) is 0 Å². The minimum atomic E-state index is 0. The van der Waals surface area contributed by atoms with E-state index in [-0.39, 0.29) is 31.6 Å². The molecule has 0 aromatic rings. The third-order valence-electron chi connectivity index (χ3n) is 3.12. The molecule has 0 amide bonds. The molecule has 0 radical (unpaired) electrons. The van der Waals surface area contributed by atoms with E-state index >= 15 is 0 Å². The molecule has 1 rings (SSSR count). The zero-order chi connectivity index (χ0) is 8.65. The van der Waals surface area contributed by atoms with Crippen LogP contribution in [0.25, 0.3) is 0 Å². The molecule has 1 aliphatic carbocycles. The molecule has 0 nitrogen and oxygen atoms in total. The maximum Gasteiger partial charge on any atom is 0 e. The summed E-state index contributed by atoms with van der Waals surface area (Å²) in [5, 5.41) is 0. The summed E-state index contributed by atoms with van der Waals surface area (Å²) in [6.45, 7) is 11.1. The number of hydrogen-bond acceptors (Lipinski definition) is 0. The summed E-state index contributed by atoms with van der Waals surface area (Å²) in [7, 11) is 0. The van der Waals surface area contributed by atoms with E-state index in [2.05, 4.69) is 40.7 Å². The van der Waals surface area contributed by atoms with Gasteiger partial charge in [-0.2, -0.15) is 11.1 Å². The molecule has 0 aromatic heterocycles. The minimum absolute atomic E-state index is 0. The zero-order valence-electron chi connectivity index (χ0n) is 8.71. The normalized spacial score (nSPS) is 28.6. The van der Waals surface area contributed by atoms with Crippen LogP contribution in [0.3, 0.4) is 0 Å². The van der Waals surface area contributed by atoms with Gasteiger partial charge >= 0.3 is 0 Å². The van der Waals surface area contributed by atoms with E-state index < -0.39 is 0 Å². The first-order valence-corrected chi connectivity index (χ1v) is 4.31. The van der Waals surface area contributed by atoms with Crippen LogP contribution in [0.2, 0.25) is 0 Å². The summed E-state index contributed by atoms with van der Waals surface area (Å²) in [4.78, 5) is 0. The average Bonchev–Trinajstić information content (AvgIpc) is 2.17. The predicted octanol–water partition coefficient (Wildman–Crippen LogP) is 3.50. The largest absolute Gasteiger partial charge is 0.263 e. The van der Waals surface area contributed by atoms with Crippen molar-refractivity contribution in [2.45, 2.75) is 41.0 Å². The van der Waals surface area contributed by atoms with Crippen molar-refractivity contribution in [3.8, 4) is 0 Å². The van der Waals surface area contributed by atoms with Gasteiger partial charge < -0.3 is 0 Å². The quantitative estimate of drug-likeness (QED) is 0.615. The molecule has 1 atom stereocenters. The van der Waals surface area contributed by atoms with Gasteiger partial charge in [-0.3, -0.25) is 6.08 Å². The molecule has 0 saturated carbocycles. The fourth-order valence-electron chi connectivity index (χ4n) is 1.65. The van der Waals surface area contributed by atoms with Gasteiger partial charge in [-0.05, 0) is 0 Å². The molecule has 1 heteroatoms. The summed E-state index contributed by atoms with van der Waals surface area (Å²) >= 11 is 0. The van der Waals surface area contributed by atoms with Crippen LogP contribution in [-0.4, -0.2) is 0 Å². The van der Waals surface area contributed by atoms with Gasteiger partial charge in [-0.15, -0.1) is 6.92 Å². The Morgan fingerprint density at radius 2 is 1.75 bits per heavy atom. The number of rotatable bonds is 1. The Hall–Kier alpha value is 0.363. The van der Waals surface area contributed by atoms with Crippen LogP contribution >= 0.6 is 0 Å². The van der Waals surface area contributed by atoms with Crippen molar-refractivity contribution in [1.29, 1.82) is 0 Å². The summed E-state index contributed by atoms with van der Waals surface area (Å²) in [5.41, 5.74) is 4.51. The molecule has 1 aliphatic rings. The van der Waals surface area contributed by atoms with Crippen LogP contribution in [0, 0.1) is 11.5 Å². The maximum absolute atomic E-state index is 3.52. The number of hydrogen-bond donors (Lipinski definition) is 0. The molecule has 0 aliphatic heterocycles. The number of allylic oxidation sites excluding steroid dienone is 4. The summed E-state index contributed by atoms with van der Waals surface area (Å²) < 4.78 is 0. The van der Waals surface area contributed by atoms with Gasteiger partial charge in [-0.25, -0.2) is 5.57 Å². The van der Waals surface area contributed by atoms with Gasteiger partial charge in [-0.1, -0.05) is 39.5 Å². The third kappa shape index (κ3) is 1.82. The Bertz CT molecular complexity index is 235. The van der Waals surface area contributed by atoms with E-state index in [1.54, 1.807) is 0 Å². The van der Waals surface area contributed by atoms with E-state index in [4.69, 9.17) is 0 Å². The smallest absolute Gasteiger partial charge is 0 e. The van der Waals surface area contributed by atoms with Gasteiger partial charge in [0.05, 0.1) is 0 Å². The van der Waals surface area contributed by atoms with Gasteiger partial charge in [0.15, 0.2) is 0 Å². The van der Waals surface area contributed by atoms with Crippen molar-refractivity contribution in [2.75, 3.05) is 0 Å². The molecule has 12 heavy (non-hydrogen) atoms. The molecule has 0 bridgehead atoms. The molecule has 0 fully saturated rings. The van der Waals surface area contributed by atoms with Crippen molar-refractivity contribution in [2.24, 2.45) is 5.41 Å². The van der Waals surface area contributed by atoms with Gasteiger partial charge in [0.2, 0.25) is 0 Å². The van der Waals surface area contributed by atoms with E-state index in [0.717, 1.165) is 6.42 Å². The van der Waals surface area contributed by atoms with Gasteiger partial charge in [0.1, 0.15) is 0 Å². The molecule has 0 spiro atoms. The Balaban J connectivity index is 0.00000121. The Kier molecular flexibility index (Phi) is 4.17. The molecule has 0 N–H and O–H groups in total. The fraction of sp³-hybridized carbons (Fsp3) is 0.636. The first-order chi connectivity index (χ1) is 5.01. The van der Waals surface area contributed by atoms with E-state index in [9.17, 15) is 0 Å².